The van der Waals surface area contributed by atoms with Gasteiger partial charge in [0.2, 0.25) is 5.91 Å². The average molecular weight is 447 g/mol. The molecule has 0 radical (unpaired) electrons. The van der Waals surface area contributed by atoms with Crippen molar-refractivity contribution in [1.29, 1.82) is 0 Å². The third-order valence-corrected chi connectivity index (χ3v) is 6.68. The molecule has 0 N–H and O–H groups in total. The van der Waals surface area contributed by atoms with Crippen LogP contribution in [0.3, 0.4) is 0 Å². The highest BCUT2D eigenvalue weighted by molar-refractivity contribution is 7.99. The van der Waals surface area contributed by atoms with Crippen LogP contribution in [0.4, 0.5) is 5.82 Å². The van der Waals surface area contributed by atoms with Crippen LogP contribution >= 0.6 is 23.4 Å². The van der Waals surface area contributed by atoms with Crippen LogP contribution in [0.5, 0.6) is 0 Å². The van der Waals surface area contributed by atoms with Crippen molar-refractivity contribution >= 4 is 35.1 Å². The minimum atomic E-state index is 0.0927. The summed E-state index contributed by atoms with van der Waals surface area (Å²) in [5.41, 5.74) is 1.41. The van der Waals surface area contributed by atoms with Gasteiger partial charge in [-0.2, -0.15) is 0 Å². The number of hydrogen-bond acceptors (Lipinski definition) is 6. The van der Waals surface area contributed by atoms with Crippen molar-refractivity contribution in [3.05, 3.63) is 47.1 Å². The molecule has 4 rings (SSSR count). The predicted octanol–water partition coefficient (Wildman–Crippen LogP) is 3.54. The summed E-state index contributed by atoms with van der Waals surface area (Å²) < 4.78 is 5.30. The van der Waals surface area contributed by atoms with E-state index in [1.54, 1.807) is 0 Å². The molecule has 1 aromatic carbocycles. The second-order valence-corrected chi connectivity index (χ2v) is 9.06. The summed E-state index contributed by atoms with van der Waals surface area (Å²) in [5.74, 6) is 1.96. The summed E-state index contributed by atoms with van der Waals surface area (Å²) in [4.78, 5) is 25.5. The van der Waals surface area contributed by atoms with Crippen molar-refractivity contribution in [2.45, 2.75) is 24.4 Å². The number of hydrogen-bond donors (Lipinski definition) is 0. The Balaban J connectivity index is 1.31. The fraction of sp³-hybridized carbons (Fsp3) is 0.500. The number of anilines is 1. The number of ether oxygens (including phenoxy) is 1. The van der Waals surface area contributed by atoms with E-state index in [1.165, 1.54) is 17.3 Å². The Bertz CT molecular complexity index is 840. The van der Waals surface area contributed by atoms with Crippen molar-refractivity contribution in [3.8, 4) is 0 Å². The van der Waals surface area contributed by atoms with Crippen LogP contribution in [-0.4, -0.2) is 65.9 Å². The Kier molecular flexibility index (Phi) is 7.47. The van der Waals surface area contributed by atoms with Gasteiger partial charge >= 0.3 is 0 Å². The maximum absolute atomic E-state index is 12.4. The third-order valence-electron chi connectivity index (χ3n) is 5.66. The number of carbonyl (C=O) groups excluding carboxylic acids is 1. The first-order valence-corrected chi connectivity index (χ1v) is 11.9. The van der Waals surface area contributed by atoms with Crippen molar-refractivity contribution in [1.82, 2.24) is 14.9 Å². The molecule has 0 spiro atoms. The molecule has 0 atom stereocenters. The van der Waals surface area contributed by atoms with Crippen LogP contribution in [0.15, 0.2) is 41.6 Å². The number of carbonyl (C=O) groups is 1. The van der Waals surface area contributed by atoms with E-state index in [0.29, 0.717) is 48.3 Å². The zero-order valence-corrected chi connectivity index (χ0v) is 18.6. The zero-order valence-electron chi connectivity index (χ0n) is 17.0. The number of piperidine rings is 1. The number of benzene rings is 1. The summed E-state index contributed by atoms with van der Waals surface area (Å²) in [6, 6.07) is 12.5. The number of halogens is 1. The minimum absolute atomic E-state index is 0.0927. The first-order chi connectivity index (χ1) is 14.7. The molecule has 2 saturated heterocycles. The molecular formula is C22H27ClN4O2S. The van der Waals surface area contributed by atoms with Gasteiger partial charge in [0.15, 0.2) is 5.16 Å². The maximum atomic E-state index is 12.4. The van der Waals surface area contributed by atoms with Gasteiger partial charge in [0.05, 0.1) is 19.0 Å². The molecule has 1 amide bonds. The Morgan fingerprint density at radius 1 is 1.10 bits per heavy atom. The highest BCUT2D eigenvalue weighted by Gasteiger charge is 2.22. The SMILES string of the molecule is O=C(CSc1nc(Cl)cc(N2CCC(Cc3ccccc3)CC2)n1)N1CCOCC1. The predicted molar refractivity (Wildman–Crippen MR) is 120 cm³/mol. The van der Waals surface area contributed by atoms with Crippen LogP contribution in [0.1, 0.15) is 18.4 Å². The second-order valence-electron chi connectivity index (χ2n) is 7.73. The van der Waals surface area contributed by atoms with E-state index in [2.05, 4.69) is 45.2 Å². The Morgan fingerprint density at radius 3 is 2.57 bits per heavy atom. The van der Waals surface area contributed by atoms with Gasteiger partial charge < -0.3 is 14.5 Å². The fourth-order valence-electron chi connectivity index (χ4n) is 3.96. The summed E-state index contributed by atoms with van der Waals surface area (Å²) >= 11 is 7.62. The van der Waals surface area contributed by atoms with Crippen molar-refractivity contribution in [2.75, 3.05) is 50.0 Å². The van der Waals surface area contributed by atoms with Gasteiger partial charge in [-0.1, -0.05) is 53.7 Å². The normalized spacial score (nSPS) is 17.9. The average Bonchev–Trinajstić information content (AvgIpc) is 2.79. The van der Waals surface area contributed by atoms with Crippen molar-refractivity contribution < 1.29 is 9.53 Å². The molecule has 6 nitrogen and oxygen atoms in total. The van der Waals surface area contributed by atoms with E-state index in [9.17, 15) is 4.79 Å². The molecule has 0 unspecified atom stereocenters. The molecule has 160 valence electrons. The van der Waals surface area contributed by atoms with Gasteiger partial charge in [0.25, 0.3) is 0 Å². The Labute approximate surface area is 187 Å². The Morgan fingerprint density at radius 2 is 1.83 bits per heavy atom. The molecule has 8 heteroatoms. The largest absolute Gasteiger partial charge is 0.378 e. The molecule has 1 aromatic heterocycles. The molecular weight excluding hydrogens is 420 g/mol. The monoisotopic (exact) mass is 446 g/mol. The van der Waals surface area contributed by atoms with Crippen molar-refractivity contribution in [3.63, 3.8) is 0 Å². The number of amides is 1. The van der Waals surface area contributed by atoms with E-state index in [-0.39, 0.29) is 5.91 Å². The lowest BCUT2D eigenvalue weighted by Gasteiger charge is -2.33. The molecule has 3 heterocycles. The highest BCUT2D eigenvalue weighted by atomic mass is 35.5. The summed E-state index contributed by atoms with van der Waals surface area (Å²) in [6.45, 7) is 4.43. The molecule has 30 heavy (non-hydrogen) atoms. The quantitative estimate of drug-likeness (QED) is 0.384. The smallest absolute Gasteiger partial charge is 0.233 e. The fourth-order valence-corrected chi connectivity index (χ4v) is 4.94. The van der Waals surface area contributed by atoms with Gasteiger partial charge in [0.1, 0.15) is 11.0 Å². The van der Waals surface area contributed by atoms with Gasteiger partial charge in [-0.25, -0.2) is 9.97 Å². The van der Waals surface area contributed by atoms with Gasteiger partial charge in [-0.3, -0.25) is 4.79 Å². The minimum Gasteiger partial charge on any atom is -0.378 e. The topological polar surface area (TPSA) is 58.6 Å². The van der Waals surface area contributed by atoms with E-state index in [4.69, 9.17) is 16.3 Å². The molecule has 2 aromatic rings. The van der Waals surface area contributed by atoms with Crippen LogP contribution in [0.2, 0.25) is 5.15 Å². The summed E-state index contributed by atoms with van der Waals surface area (Å²) in [5, 5.41) is 0.984. The van der Waals surface area contributed by atoms with Gasteiger partial charge in [0, 0.05) is 32.2 Å². The van der Waals surface area contributed by atoms with Crippen LogP contribution in [0.25, 0.3) is 0 Å². The van der Waals surface area contributed by atoms with E-state index in [0.717, 1.165) is 38.2 Å². The van der Waals surface area contributed by atoms with Crippen LogP contribution in [0, 0.1) is 5.92 Å². The van der Waals surface area contributed by atoms with Crippen molar-refractivity contribution in [2.24, 2.45) is 5.92 Å². The van der Waals surface area contributed by atoms with Gasteiger partial charge in [-0.15, -0.1) is 0 Å². The summed E-state index contributed by atoms with van der Waals surface area (Å²) in [7, 11) is 0. The first kappa shape index (κ1) is 21.4. The molecule has 2 aliphatic rings. The van der Waals surface area contributed by atoms with E-state index >= 15 is 0 Å². The maximum Gasteiger partial charge on any atom is 0.233 e. The number of rotatable bonds is 6. The molecule has 0 aliphatic carbocycles. The lowest BCUT2D eigenvalue weighted by molar-refractivity contribution is -0.132. The number of morpholine rings is 1. The molecule has 2 aliphatic heterocycles. The van der Waals surface area contributed by atoms with Crippen LogP contribution in [-0.2, 0) is 16.0 Å². The molecule has 2 fully saturated rings. The Hall–Kier alpha value is -1.83. The molecule has 0 saturated carbocycles. The lowest BCUT2D eigenvalue weighted by Crippen LogP contribution is -2.41. The number of thioether (sulfide) groups is 1. The number of aromatic nitrogens is 2. The van der Waals surface area contributed by atoms with Crippen LogP contribution < -0.4 is 4.90 Å². The lowest BCUT2D eigenvalue weighted by atomic mass is 9.90. The first-order valence-electron chi connectivity index (χ1n) is 10.5. The van der Waals surface area contributed by atoms with E-state index in [1.807, 2.05) is 11.0 Å². The number of nitrogens with zero attached hydrogens (tertiary/aromatic N) is 4. The zero-order chi connectivity index (χ0) is 20.8. The third kappa shape index (κ3) is 5.86. The second kappa shape index (κ2) is 10.5. The highest BCUT2D eigenvalue weighted by Crippen LogP contribution is 2.27. The standard InChI is InChI=1S/C22H27ClN4O2S/c23-19-15-20(25-22(24-19)30-16-21(28)27-10-12-29-13-11-27)26-8-6-18(7-9-26)14-17-4-2-1-3-5-17/h1-5,15,18H,6-14,16H2. The van der Waals surface area contributed by atoms with Gasteiger partial charge in [-0.05, 0) is 30.7 Å². The summed E-state index contributed by atoms with van der Waals surface area (Å²) in [6.07, 6.45) is 3.40. The molecule has 0 bridgehead atoms. The van der Waals surface area contributed by atoms with E-state index < -0.39 is 0 Å².